The molecule has 0 saturated carbocycles. The van der Waals surface area contributed by atoms with Crippen molar-refractivity contribution in [1.82, 2.24) is 0 Å². The van der Waals surface area contributed by atoms with Crippen LogP contribution in [0.2, 0.25) is 5.02 Å². The molecule has 10 heteroatoms. The summed E-state index contributed by atoms with van der Waals surface area (Å²) in [5, 5.41) is 2.65. The number of anilines is 1. The molecule has 148 valence electrons. The van der Waals surface area contributed by atoms with Crippen LogP contribution in [-0.2, 0) is 9.53 Å². The highest BCUT2D eigenvalue weighted by Crippen LogP contribution is 2.38. The summed E-state index contributed by atoms with van der Waals surface area (Å²) in [7, 11) is 0. The molecule has 0 radical (unpaired) electrons. The van der Waals surface area contributed by atoms with E-state index in [0.29, 0.717) is 30.4 Å². The monoisotopic (exact) mass is 413 g/mol. The maximum atomic E-state index is 12.1. The van der Waals surface area contributed by atoms with Gasteiger partial charge in [0, 0.05) is 5.69 Å². The summed E-state index contributed by atoms with van der Waals surface area (Å²) in [6.45, 7) is -2.81. The van der Waals surface area contributed by atoms with Gasteiger partial charge in [0.1, 0.15) is 19.0 Å². The molecule has 1 N–H and O–H groups in total. The smallest absolute Gasteiger partial charge is 0.387 e. The molecular weight excluding hydrogens is 400 g/mol. The number of hydrogen-bond donors (Lipinski definition) is 1. The first-order valence-electron chi connectivity index (χ1n) is 8.03. The minimum atomic E-state index is -2.94. The normalized spacial score (nSPS) is 12.4. The molecule has 0 atom stereocenters. The number of fused-ring (bicyclic) bond motifs is 1. The molecule has 0 spiro atoms. The first-order valence-corrected chi connectivity index (χ1v) is 8.41. The van der Waals surface area contributed by atoms with Gasteiger partial charge in [-0.05, 0) is 36.4 Å². The molecule has 0 saturated heterocycles. The summed E-state index contributed by atoms with van der Waals surface area (Å²) in [5.74, 6) is -0.758. The van der Waals surface area contributed by atoms with Crippen molar-refractivity contribution in [1.29, 1.82) is 0 Å². The maximum Gasteiger partial charge on any atom is 0.387 e. The van der Waals surface area contributed by atoms with Gasteiger partial charge in [0.25, 0.3) is 5.91 Å². The number of nitrogens with one attached hydrogen (secondary N) is 1. The van der Waals surface area contributed by atoms with Crippen molar-refractivity contribution in [3.8, 4) is 17.2 Å². The quantitative estimate of drug-likeness (QED) is 0.730. The Morgan fingerprint density at radius 2 is 1.86 bits per heavy atom. The molecule has 0 fully saturated rings. The minimum Gasteiger partial charge on any atom is -0.486 e. The molecule has 1 amide bonds. The number of rotatable bonds is 6. The molecule has 0 bridgehead atoms. The summed E-state index contributed by atoms with van der Waals surface area (Å²) in [6, 6.07) is 8.06. The van der Waals surface area contributed by atoms with Crippen molar-refractivity contribution in [2.75, 3.05) is 25.1 Å². The van der Waals surface area contributed by atoms with Crippen LogP contribution >= 0.6 is 11.6 Å². The van der Waals surface area contributed by atoms with E-state index in [-0.39, 0.29) is 16.3 Å². The summed E-state index contributed by atoms with van der Waals surface area (Å²) >= 11 is 6.06. The standard InChI is InChI=1S/C18H14ClF2NO6/c19-13-7-10(8-14-16(13)26-6-5-25-14)17(24)27-9-15(23)22-11-1-3-12(4-2-11)28-18(20)21/h1-4,7-8,18H,5-6,9H2,(H,22,23). The van der Waals surface area contributed by atoms with E-state index < -0.39 is 25.1 Å². The van der Waals surface area contributed by atoms with Crippen molar-refractivity contribution in [2.24, 2.45) is 0 Å². The van der Waals surface area contributed by atoms with Crippen LogP contribution in [0.4, 0.5) is 14.5 Å². The highest BCUT2D eigenvalue weighted by Gasteiger charge is 2.20. The molecule has 3 rings (SSSR count). The minimum absolute atomic E-state index is 0.0464. The molecule has 2 aromatic carbocycles. The second-order valence-electron chi connectivity index (χ2n) is 5.51. The van der Waals surface area contributed by atoms with Gasteiger partial charge >= 0.3 is 12.6 Å². The molecule has 1 heterocycles. The van der Waals surface area contributed by atoms with Gasteiger partial charge in [-0.2, -0.15) is 8.78 Å². The largest absolute Gasteiger partial charge is 0.486 e. The number of ether oxygens (including phenoxy) is 4. The van der Waals surface area contributed by atoms with Crippen molar-refractivity contribution >= 4 is 29.2 Å². The van der Waals surface area contributed by atoms with Crippen molar-refractivity contribution in [3.05, 3.63) is 47.0 Å². The molecule has 0 aliphatic carbocycles. The number of hydrogen-bond acceptors (Lipinski definition) is 6. The number of carbonyl (C=O) groups excluding carboxylic acids is 2. The highest BCUT2D eigenvalue weighted by molar-refractivity contribution is 6.32. The average Bonchev–Trinajstić information content (AvgIpc) is 2.67. The zero-order chi connectivity index (χ0) is 20.1. The Balaban J connectivity index is 1.54. The lowest BCUT2D eigenvalue weighted by Crippen LogP contribution is -2.21. The molecule has 1 aliphatic heterocycles. The van der Waals surface area contributed by atoms with Crippen LogP contribution in [0, 0.1) is 0 Å². The third kappa shape index (κ3) is 5.01. The summed E-state index contributed by atoms with van der Waals surface area (Å²) in [6.07, 6.45) is 0. The van der Waals surface area contributed by atoms with Crippen LogP contribution in [0.3, 0.4) is 0 Å². The molecule has 7 nitrogen and oxygen atoms in total. The van der Waals surface area contributed by atoms with E-state index in [4.69, 9.17) is 25.8 Å². The second-order valence-corrected chi connectivity index (χ2v) is 5.92. The predicted molar refractivity (Wildman–Crippen MR) is 94.4 cm³/mol. The fourth-order valence-electron chi connectivity index (χ4n) is 2.36. The van der Waals surface area contributed by atoms with Gasteiger partial charge in [0.05, 0.1) is 10.6 Å². The van der Waals surface area contributed by atoms with E-state index >= 15 is 0 Å². The van der Waals surface area contributed by atoms with Crippen LogP contribution < -0.4 is 19.5 Å². The van der Waals surface area contributed by atoms with Gasteiger partial charge in [-0.25, -0.2) is 4.79 Å². The second kappa shape index (κ2) is 8.75. The van der Waals surface area contributed by atoms with Crippen LogP contribution in [0.5, 0.6) is 17.2 Å². The number of halogens is 3. The van der Waals surface area contributed by atoms with E-state index in [1.807, 2.05) is 0 Å². The fraction of sp³-hybridized carbons (Fsp3) is 0.222. The Morgan fingerprint density at radius 3 is 2.57 bits per heavy atom. The van der Waals surface area contributed by atoms with E-state index in [0.717, 1.165) is 0 Å². The fourth-order valence-corrected chi connectivity index (χ4v) is 2.63. The number of esters is 1. The summed E-state index contributed by atoms with van der Waals surface area (Å²) < 4.78 is 44.1. The van der Waals surface area contributed by atoms with Gasteiger partial charge in [-0.3, -0.25) is 4.79 Å². The Kier molecular flexibility index (Phi) is 6.15. The Labute approximate surface area is 163 Å². The number of carbonyl (C=O) groups is 2. The van der Waals surface area contributed by atoms with Crippen LogP contribution in [-0.4, -0.2) is 38.3 Å². The van der Waals surface area contributed by atoms with E-state index in [2.05, 4.69) is 10.1 Å². The van der Waals surface area contributed by atoms with Crippen molar-refractivity contribution in [2.45, 2.75) is 6.61 Å². The highest BCUT2D eigenvalue weighted by atomic mass is 35.5. The SMILES string of the molecule is O=C(COC(=O)c1cc(Cl)c2c(c1)OCCO2)Nc1ccc(OC(F)F)cc1. The number of amides is 1. The van der Waals surface area contributed by atoms with E-state index in [1.165, 1.54) is 36.4 Å². The predicted octanol–water partition coefficient (Wildman–Crippen LogP) is 3.51. The first-order chi connectivity index (χ1) is 13.4. The van der Waals surface area contributed by atoms with Gasteiger partial charge in [0.2, 0.25) is 0 Å². The topological polar surface area (TPSA) is 83.1 Å². The molecule has 2 aromatic rings. The Bertz CT molecular complexity index is 875. The van der Waals surface area contributed by atoms with E-state index in [1.54, 1.807) is 0 Å². The molecular formula is C18H14ClF2NO6. The maximum absolute atomic E-state index is 12.1. The lowest BCUT2D eigenvalue weighted by molar-refractivity contribution is -0.119. The van der Waals surface area contributed by atoms with Gasteiger partial charge in [0.15, 0.2) is 18.1 Å². The number of benzene rings is 2. The van der Waals surface area contributed by atoms with Crippen LogP contribution in [0.1, 0.15) is 10.4 Å². The first kappa shape index (κ1) is 19.7. The third-order valence-corrected chi connectivity index (χ3v) is 3.81. The molecule has 28 heavy (non-hydrogen) atoms. The Hall–Kier alpha value is -3.07. The number of alkyl halides is 2. The van der Waals surface area contributed by atoms with E-state index in [9.17, 15) is 18.4 Å². The molecule has 0 aromatic heterocycles. The third-order valence-electron chi connectivity index (χ3n) is 3.53. The van der Waals surface area contributed by atoms with Gasteiger partial charge in [-0.1, -0.05) is 11.6 Å². The van der Waals surface area contributed by atoms with Crippen molar-refractivity contribution < 1.29 is 37.3 Å². The van der Waals surface area contributed by atoms with Gasteiger partial charge in [-0.15, -0.1) is 0 Å². The zero-order valence-electron chi connectivity index (χ0n) is 14.2. The molecule has 0 unspecified atom stereocenters. The van der Waals surface area contributed by atoms with Gasteiger partial charge < -0.3 is 24.3 Å². The lowest BCUT2D eigenvalue weighted by Gasteiger charge is -2.19. The Morgan fingerprint density at radius 1 is 1.14 bits per heavy atom. The summed E-state index contributed by atoms with van der Waals surface area (Å²) in [4.78, 5) is 24.0. The molecule has 1 aliphatic rings. The van der Waals surface area contributed by atoms with Crippen LogP contribution in [0.25, 0.3) is 0 Å². The average molecular weight is 414 g/mol. The van der Waals surface area contributed by atoms with Crippen LogP contribution in [0.15, 0.2) is 36.4 Å². The lowest BCUT2D eigenvalue weighted by atomic mass is 10.2. The summed E-state index contributed by atoms with van der Waals surface area (Å²) in [5.41, 5.74) is 0.431. The van der Waals surface area contributed by atoms with Crippen molar-refractivity contribution in [3.63, 3.8) is 0 Å². The zero-order valence-corrected chi connectivity index (χ0v) is 15.0.